The Hall–Kier alpha value is -2.11. The number of aryl methyl sites for hydroxylation is 1. The SMILES string of the molecule is Cc1scc2c1N(C/C=C/CCCN1CCCCC1)c1ccccc1NC2=O. The van der Waals surface area contributed by atoms with E-state index in [1.807, 2.05) is 23.6 Å². The van der Waals surface area contributed by atoms with Gasteiger partial charge in [0.05, 0.1) is 22.6 Å². The van der Waals surface area contributed by atoms with Gasteiger partial charge < -0.3 is 15.1 Å². The van der Waals surface area contributed by atoms with Crippen LogP contribution in [0.4, 0.5) is 17.1 Å². The molecule has 4 rings (SSSR count). The first-order valence-corrected chi connectivity index (χ1v) is 11.3. The molecule has 1 saturated heterocycles. The van der Waals surface area contributed by atoms with Crippen LogP contribution in [0.1, 0.15) is 47.3 Å². The molecular formula is C23H29N3OS. The van der Waals surface area contributed by atoms with Crippen LogP contribution < -0.4 is 10.2 Å². The van der Waals surface area contributed by atoms with Gasteiger partial charge >= 0.3 is 0 Å². The van der Waals surface area contributed by atoms with Crippen LogP contribution in [0.25, 0.3) is 0 Å². The molecule has 3 heterocycles. The normalized spacial score (nSPS) is 17.3. The van der Waals surface area contributed by atoms with Gasteiger partial charge in [-0.1, -0.05) is 30.7 Å². The summed E-state index contributed by atoms with van der Waals surface area (Å²) in [5.41, 5.74) is 3.77. The highest BCUT2D eigenvalue weighted by atomic mass is 32.1. The maximum atomic E-state index is 12.6. The smallest absolute Gasteiger partial charge is 0.258 e. The molecule has 1 aromatic carbocycles. The van der Waals surface area contributed by atoms with Crippen LogP contribution in [0.15, 0.2) is 41.8 Å². The maximum absolute atomic E-state index is 12.6. The van der Waals surface area contributed by atoms with E-state index in [1.165, 1.54) is 50.2 Å². The van der Waals surface area contributed by atoms with Crippen molar-refractivity contribution in [2.75, 3.05) is 36.4 Å². The van der Waals surface area contributed by atoms with Crippen LogP contribution in [-0.2, 0) is 0 Å². The largest absolute Gasteiger partial charge is 0.334 e. The van der Waals surface area contributed by atoms with Gasteiger partial charge in [0.25, 0.3) is 5.91 Å². The molecule has 28 heavy (non-hydrogen) atoms. The number of nitrogens with zero attached hydrogens (tertiary/aromatic N) is 2. The minimum Gasteiger partial charge on any atom is -0.334 e. The van der Waals surface area contributed by atoms with Gasteiger partial charge in [-0.05, 0) is 64.4 Å². The lowest BCUT2D eigenvalue weighted by atomic mass is 10.1. The zero-order chi connectivity index (χ0) is 19.3. The molecule has 0 unspecified atom stereocenters. The molecule has 0 aliphatic carbocycles. The Kier molecular flexibility index (Phi) is 6.13. The Morgan fingerprint density at radius 1 is 1.14 bits per heavy atom. The molecule has 1 N–H and O–H groups in total. The van der Waals surface area contributed by atoms with Gasteiger partial charge in [0.2, 0.25) is 0 Å². The minimum atomic E-state index is -0.0141. The standard InChI is InChI=1S/C23H29N3OS/c1-18-22-19(17-28-18)23(27)24-20-11-5-6-12-21(20)26(22)16-10-3-2-7-13-25-14-8-4-9-15-25/h3,5-6,10-12,17H,2,4,7-9,13-16H2,1H3,(H,24,27)/b10-3+. The highest BCUT2D eigenvalue weighted by Gasteiger charge is 2.27. The second-order valence-electron chi connectivity index (χ2n) is 7.65. The summed E-state index contributed by atoms with van der Waals surface area (Å²) in [7, 11) is 0. The van der Waals surface area contributed by atoms with Crippen molar-refractivity contribution in [3.8, 4) is 0 Å². The number of benzene rings is 1. The van der Waals surface area contributed by atoms with Crippen LogP contribution in [0, 0.1) is 6.92 Å². The lowest BCUT2D eigenvalue weighted by molar-refractivity contribution is 0.102. The second-order valence-corrected chi connectivity index (χ2v) is 8.74. The molecule has 1 fully saturated rings. The Bertz CT molecular complexity index is 851. The van der Waals surface area contributed by atoms with E-state index in [2.05, 4.69) is 40.3 Å². The van der Waals surface area contributed by atoms with Crippen LogP contribution in [0.3, 0.4) is 0 Å². The average Bonchev–Trinajstić information content (AvgIpc) is 3.05. The Labute approximate surface area is 171 Å². The van der Waals surface area contributed by atoms with E-state index in [4.69, 9.17) is 0 Å². The quantitative estimate of drug-likeness (QED) is 0.512. The number of anilines is 3. The zero-order valence-electron chi connectivity index (χ0n) is 16.6. The first-order chi connectivity index (χ1) is 13.7. The number of hydrogen-bond donors (Lipinski definition) is 1. The molecule has 0 saturated carbocycles. The van der Waals surface area contributed by atoms with Crippen LogP contribution >= 0.6 is 11.3 Å². The Morgan fingerprint density at radius 3 is 2.82 bits per heavy atom. The Morgan fingerprint density at radius 2 is 1.96 bits per heavy atom. The maximum Gasteiger partial charge on any atom is 0.258 e. The molecule has 148 valence electrons. The molecule has 5 heteroatoms. The van der Waals surface area contributed by atoms with Gasteiger partial charge in [-0.3, -0.25) is 4.79 Å². The number of carbonyl (C=O) groups excluding carboxylic acids is 1. The van der Waals surface area contributed by atoms with E-state index >= 15 is 0 Å². The van der Waals surface area contributed by atoms with Gasteiger partial charge in [-0.15, -0.1) is 11.3 Å². The lowest BCUT2D eigenvalue weighted by Gasteiger charge is -2.26. The second kappa shape index (κ2) is 8.93. The number of allylic oxidation sites excluding steroid dienone is 1. The predicted molar refractivity (Wildman–Crippen MR) is 119 cm³/mol. The topological polar surface area (TPSA) is 35.6 Å². The number of hydrogen-bond acceptors (Lipinski definition) is 4. The van der Waals surface area contributed by atoms with Crippen LogP contribution in [0.2, 0.25) is 0 Å². The van der Waals surface area contributed by atoms with Crippen molar-refractivity contribution >= 4 is 34.3 Å². The van der Waals surface area contributed by atoms with E-state index in [9.17, 15) is 4.79 Å². The molecule has 0 atom stereocenters. The highest BCUT2D eigenvalue weighted by Crippen LogP contribution is 2.41. The van der Waals surface area contributed by atoms with Crippen molar-refractivity contribution in [2.24, 2.45) is 0 Å². The summed E-state index contributed by atoms with van der Waals surface area (Å²) in [6.45, 7) is 6.63. The van der Waals surface area contributed by atoms with E-state index in [1.54, 1.807) is 11.3 Å². The van der Waals surface area contributed by atoms with Gasteiger partial charge in [0.1, 0.15) is 0 Å². The van der Waals surface area contributed by atoms with Crippen molar-refractivity contribution in [2.45, 2.75) is 39.0 Å². The summed E-state index contributed by atoms with van der Waals surface area (Å²) in [5.74, 6) is -0.0141. The van der Waals surface area contributed by atoms with Gasteiger partial charge in [0.15, 0.2) is 0 Å². The van der Waals surface area contributed by atoms with Crippen LogP contribution in [-0.4, -0.2) is 37.0 Å². The molecular weight excluding hydrogens is 366 g/mol. The van der Waals surface area contributed by atoms with Crippen molar-refractivity contribution in [1.29, 1.82) is 0 Å². The first kappa shape index (κ1) is 19.2. The number of nitrogens with one attached hydrogen (secondary N) is 1. The summed E-state index contributed by atoms with van der Waals surface area (Å²) >= 11 is 1.64. The third-order valence-corrected chi connectivity index (χ3v) is 6.55. The van der Waals surface area contributed by atoms with Crippen molar-refractivity contribution < 1.29 is 4.79 Å². The van der Waals surface area contributed by atoms with E-state index < -0.39 is 0 Å². The third-order valence-electron chi connectivity index (χ3n) is 5.65. The van der Waals surface area contributed by atoms with E-state index in [-0.39, 0.29) is 5.91 Å². The minimum absolute atomic E-state index is 0.0141. The van der Waals surface area contributed by atoms with Crippen LogP contribution in [0.5, 0.6) is 0 Å². The monoisotopic (exact) mass is 395 g/mol. The number of rotatable bonds is 6. The van der Waals surface area contributed by atoms with E-state index in [0.29, 0.717) is 0 Å². The molecule has 0 spiro atoms. The van der Waals surface area contributed by atoms with Crippen molar-refractivity contribution in [1.82, 2.24) is 4.90 Å². The molecule has 1 aromatic heterocycles. The van der Waals surface area contributed by atoms with Gasteiger partial charge in [-0.25, -0.2) is 0 Å². The molecule has 1 amide bonds. The summed E-state index contributed by atoms with van der Waals surface area (Å²) in [4.78, 5) is 18.7. The van der Waals surface area contributed by atoms with Crippen molar-refractivity contribution in [3.05, 3.63) is 52.2 Å². The number of unbranched alkanes of at least 4 members (excludes halogenated alkanes) is 1. The fraction of sp³-hybridized carbons (Fsp3) is 0.435. The molecule has 2 aliphatic heterocycles. The number of piperidine rings is 1. The molecule has 2 aromatic rings. The molecule has 4 nitrogen and oxygen atoms in total. The van der Waals surface area contributed by atoms with Gasteiger partial charge in [-0.2, -0.15) is 0 Å². The Balaban J connectivity index is 1.44. The zero-order valence-corrected chi connectivity index (χ0v) is 17.4. The lowest BCUT2D eigenvalue weighted by Crippen LogP contribution is -2.30. The first-order valence-electron chi connectivity index (χ1n) is 10.4. The average molecular weight is 396 g/mol. The number of thiophene rings is 1. The summed E-state index contributed by atoms with van der Waals surface area (Å²) in [6.07, 6.45) is 11.0. The summed E-state index contributed by atoms with van der Waals surface area (Å²) in [5, 5.41) is 5.04. The summed E-state index contributed by atoms with van der Waals surface area (Å²) in [6, 6.07) is 8.07. The number of fused-ring (bicyclic) bond motifs is 2. The number of likely N-dealkylation sites (tertiary alicyclic amines) is 1. The fourth-order valence-electron chi connectivity index (χ4n) is 4.17. The molecule has 0 bridgehead atoms. The third kappa shape index (κ3) is 4.15. The predicted octanol–water partition coefficient (Wildman–Crippen LogP) is 5.58. The fourth-order valence-corrected chi connectivity index (χ4v) is 5.02. The number of para-hydroxylation sites is 2. The van der Waals surface area contributed by atoms with Gasteiger partial charge in [0, 0.05) is 16.8 Å². The number of carbonyl (C=O) groups is 1. The molecule has 0 radical (unpaired) electrons. The van der Waals surface area contributed by atoms with E-state index in [0.717, 1.165) is 35.6 Å². The van der Waals surface area contributed by atoms with Crippen molar-refractivity contribution in [3.63, 3.8) is 0 Å². The number of amides is 1. The summed E-state index contributed by atoms with van der Waals surface area (Å²) < 4.78 is 0. The molecule has 2 aliphatic rings. The highest BCUT2D eigenvalue weighted by molar-refractivity contribution is 7.10.